The van der Waals surface area contributed by atoms with E-state index in [-0.39, 0.29) is 11.6 Å². The summed E-state index contributed by atoms with van der Waals surface area (Å²) in [6.07, 6.45) is 1.41. The molecular formula is C20H21N3O5. The highest BCUT2D eigenvalue weighted by Crippen LogP contribution is 2.14. The zero-order valence-corrected chi connectivity index (χ0v) is 15.5. The fourth-order valence-electron chi connectivity index (χ4n) is 2.10. The Hall–Kier alpha value is -3.68. The van der Waals surface area contributed by atoms with Gasteiger partial charge in [-0.1, -0.05) is 12.1 Å². The van der Waals surface area contributed by atoms with Gasteiger partial charge in [-0.15, -0.1) is 0 Å². The maximum absolute atomic E-state index is 11.5. The number of carboxylic acids is 1. The molecule has 2 aromatic rings. The molecule has 0 radical (unpaired) electrons. The molecule has 0 saturated heterocycles. The van der Waals surface area contributed by atoms with Crippen LogP contribution in [0.2, 0.25) is 0 Å². The number of amides is 2. The molecule has 0 aromatic heterocycles. The van der Waals surface area contributed by atoms with E-state index in [0.29, 0.717) is 17.9 Å². The van der Waals surface area contributed by atoms with E-state index in [4.69, 9.17) is 9.84 Å². The number of benzene rings is 2. The summed E-state index contributed by atoms with van der Waals surface area (Å²) in [6, 6.07) is 13.3. The van der Waals surface area contributed by atoms with Crippen LogP contribution in [0.3, 0.4) is 0 Å². The van der Waals surface area contributed by atoms with Crippen LogP contribution in [0.5, 0.6) is 5.75 Å². The fraction of sp³-hybridized carbons (Fsp3) is 0.200. The van der Waals surface area contributed by atoms with Crippen LogP contribution in [0.4, 0.5) is 0 Å². The van der Waals surface area contributed by atoms with E-state index in [1.165, 1.54) is 18.3 Å². The Bertz CT molecular complexity index is 858. The van der Waals surface area contributed by atoms with Crippen molar-refractivity contribution in [1.82, 2.24) is 10.7 Å². The molecule has 0 heterocycles. The number of hydrogen-bond donors (Lipinski definition) is 3. The minimum absolute atomic E-state index is 0.134. The van der Waals surface area contributed by atoms with Crippen LogP contribution in [-0.2, 0) is 16.2 Å². The standard InChI is InChI=1S/C20H21N3O5/c1-13(2)22-18(24)19(25)23-21-11-14-5-9-17(10-6-14)28-12-15-3-7-16(8-4-15)20(26)27/h3-11,13H,12H2,1-2H3,(H,22,24)(H,23,25)(H,26,27)/b21-11-. The number of aromatic carboxylic acids is 1. The van der Waals surface area contributed by atoms with Crippen LogP contribution in [0.1, 0.15) is 35.3 Å². The van der Waals surface area contributed by atoms with Crippen molar-refractivity contribution in [3.63, 3.8) is 0 Å². The second kappa shape index (κ2) is 9.86. The molecule has 2 amide bonds. The average Bonchev–Trinajstić information content (AvgIpc) is 2.67. The van der Waals surface area contributed by atoms with Gasteiger partial charge in [0.2, 0.25) is 0 Å². The summed E-state index contributed by atoms with van der Waals surface area (Å²) >= 11 is 0. The second-order valence-electron chi connectivity index (χ2n) is 6.19. The van der Waals surface area contributed by atoms with Gasteiger partial charge in [0.25, 0.3) is 0 Å². The monoisotopic (exact) mass is 383 g/mol. The quantitative estimate of drug-likeness (QED) is 0.384. The van der Waals surface area contributed by atoms with Crippen LogP contribution in [0.25, 0.3) is 0 Å². The molecular weight excluding hydrogens is 362 g/mol. The zero-order valence-electron chi connectivity index (χ0n) is 15.5. The lowest BCUT2D eigenvalue weighted by molar-refractivity contribution is -0.139. The Morgan fingerprint density at radius 2 is 1.68 bits per heavy atom. The van der Waals surface area contributed by atoms with Crippen molar-refractivity contribution in [1.29, 1.82) is 0 Å². The maximum atomic E-state index is 11.5. The predicted molar refractivity (Wildman–Crippen MR) is 103 cm³/mol. The molecule has 0 fully saturated rings. The number of rotatable bonds is 7. The smallest absolute Gasteiger partial charge is 0.335 e. The van der Waals surface area contributed by atoms with Crippen LogP contribution < -0.4 is 15.5 Å². The highest BCUT2D eigenvalue weighted by Gasteiger charge is 2.12. The summed E-state index contributed by atoms with van der Waals surface area (Å²) < 4.78 is 5.64. The van der Waals surface area contributed by atoms with Crippen LogP contribution >= 0.6 is 0 Å². The third-order valence-electron chi connectivity index (χ3n) is 3.49. The van der Waals surface area contributed by atoms with E-state index >= 15 is 0 Å². The van der Waals surface area contributed by atoms with Crippen molar-refractivity contribution in [2.24, 2.45) is 5.10 Å². The normalized spacial score (nSPS) is 10.7. The van der Waals surface area contributed by atoms with Crippen molar-refractivity contribution in [3.05, 3.63) is 65.2 Å². The second-order valence-corrected chi connectivity index (χ2v) is 6.19. The number of carbonyl (C=O) groups excluding carboxylic acids is 2. The minimum atomic E-state index is -0.971. The van der Waals surface area contributed by atoms with Gasteiger partial charge in [0.15, 0.2) is 0 Å². The van der Waals surface area contributed by atoms with E-state index in [0.717, 1.165) is 5.56 Å². The summed E-state index contributed by atoms with van der Waals surface area (Å²) in [5.74, 6) is -1.92. The summed E-state index contributed by atoms with van der Waals surface area (Å²) in [4.78, 5) is 33.8. The van der Waals surface area contributed by atoms with E-state index < -0.39 is 17.8 Å². The lowest BCUT2D eigenvalue weighted by Gasteiger charge is -2.07. The number of hydrazone groups is 1. The van der Waals surface area contributed by atoms with Gasteiger partial charge in [-0.3, -0.25) is 9.59 Å². The van der Waals surface area contributed by atoms with E-state index in [1.54, 1.807) is 50.2 Å². The molecule has 0 saturated carbocycles. The highest BCUT2D eigenvalue weighted by atomic mass is 16.5. The topological polar surface area (TPSA) is 117 Å². The van der Waals surface area contributed by atoms with Gasteiger partial charge in [0, 0.05) is 6.04 Å². The molecule has 3 N–H and O–H groups in total. The molecule has 0 aliphatic heterocycles. The first kappa shape index (κ1) is 20.6. The van der Waals surface area contributed by atoms with E-state index in [1.807, 2.05) is 0 Å². The Morgan fingerprint density at radius 3 is 2.25 bits per heavy atom. The summed E-state index contributed by atoms with van der Waals surface area (Å²) in [7, 11) is 0. The third kappa shape index (κ3) is 6.56. The Morgan fingerprint density at radius 1 is 1.04 bits per heavy atom. The molecule has 0 aliphatic rings. The Labute approximate surface area is 162 Å². The largest absolute Gasteiger partial charge is 0.489 e. The minimum Gasteiger partial charge on any atom is -0.489 e. The SMILES string of the molecule is CC(C)NC(=O)C(=O)N/N=C\c1ccc(OCc2ccc(C(=O)O)cc2)cc1. The molecule has 0 spiro atoms. The molecule has 8 nitrogen and oxygen atoms in total. The number of carboxylic acid groups (broad SMARTS) is 1. The van der Waals surface area contributed by atoms with E-state index in [2.05, 4.69) is 15.8 Å². The number of nitrogens with one attached hydrogen (secondary N) is 2. The number of nitrogens with zero attached hydrogens (tertiary/aromatic N) is 1. The van der Waals surface area contributed by atoms with Crippen LogP contribution in [0.15, 0.2) is 53.6 Å². The average molecular weight is 383 g/mol. The molecule has 0 atom stereocenters. The van der Waals surface area contributed by atoms with Crippen molar-refractivity contribution in [3.8, 4) is 5.75 Å². The number of carbonyl (C=O) groups is 3. The van der Waals surface area contributed by atoms with Gasteiger partial charge < -0.3 is 15.2 Å². The molecule has 28 heavy (non-hydrogen) atoms. The molecule has 2 aromatic carbocycles. The molecule has 146 valence electrons. The zero-order chi connectivity index (χ0) is 20.5. The van der Waals surface area contributed by atoms with E-state index in [9.17, 15) is 14.4 Å². The van der Waals surface area contributed by atoms with Gasteiger partial charge in [-0.2, -0.15) is 5.10 Å². The molecule has 0 bridgehead atoms. The first-order valence-corrected chi connectivity index (χ1v) is 8.54. The van der Waals surface area contributed by atoms with Crippen LogP contribution in [0, 0.1) is 0 Å². The van der Waals surface area contributed by atoms with Gasteiger partial charge in [0.05, 0.1) is 11.8 Å². The molecule has 0 aliphatic carbocycles. The molecule has 2 rings (SSSR count). The molecule has 0 unspecified atom stereocenters. The van der Waals surface area contributed by atoms with Crippen LogP contribution in [-0.4, -0.2) is 35.1 Å². The maximum Gasteiger partial charge on any atom is 0.335 e. The van der Waals surface area contributed by atoms with Crippen molar-refractivity contribution >= 4 is 24.0 Å². The molecule has 8 heteroatoms. The third-order valence-corrected chi connectivity index (χ3v) is 3.49. The van der Waals surface area contributed by atoms with Gasteiger partial charge >= 0.3 is 17.8 Å². The number of ether oxygens (including phenoxy) is 1. The fourth-order valence-corrected chi connectivity index (χ4v) is 2.10. The Kier molecular flexibility index (Phi) is 7.27. The highest BCUT2D eigenvalue weighted by molar-refractivity contribution is 6.35. The first-order valence-electron chi connectivity index (χ1n) is 8.54. The summed E-state index contributed by atoms with van der Waals surface area (Å²) in [5, 5.41) is 15.1. The predicted octanol–water partition coefficient (Wildman–Crippen LogP) is 1.94. The van der Waals surface area contributed by atoms with Crippen molar-refractivity contribution < 1.29 is 24.2 Å². The summed E-state index contributed by atoms with van der Waals surface area (Å²) in [6.45, 7) is 3.81. The Balaban J connectivity index is 1.83. The lowest BCUT2D eigenvalue weighted by atomic mass is 10.1. The van der Waals surface area contributed by atoms with Gasteiger partial charge in [0.1, 0.15) is 12.4 Å². The van der Waals surface area contributed by atoms with Crippen molar-refractivity contribution in [2.75, 3.05) is 0 Å². The van der Waals surface area contributed by atoms with Crippen molar-refractivity contribution in [2.45, 2.75) is 26.5 Å². The number of hydrogen-bond acceptors (Lipinski definition) is 5. The first-order chi connectivity index (χ1) is 13.3. The lowest BCUT2D eigenvalue weighted by Crippen LogP contribution is -2.41. The summed E-state index contributed by atoms with van der Waals surface area (Å²) in [5.41, 5.74) is 3.93. The van der Waals surface area contributed by atoms with Gasteiger partial charge in [-0.05, 0) is 61.4 Å². The van der Waals surface area contributed by atoms with Gasteiger partial charge in [-0.25, -0.2) is 10.2 Å².